The Labute approximate surface area is 122 Å². The number of nitrogens with zero attached hydrogens (tertiary/aromatic N) is 2. The highest BCUT2D eigenvalue weighted by Crippen LogP contribution is 2.11. The number of piperazine rings is 1. The van der Waals surface area contributed by atoms with Crippen LogP contribution in [0, 0.1) is 0 Å². The zero-order valence-electron chi connectivity index (χ0n) is 11.0. The van der Waals surface area contributed by atoms with Crippen LogP contribution >= 0.6 is 11.6 Å². The molecule has 5 nitrogen and oxygen atoms in total. The molecule has 1 aromatic carbocycles. The SMILES string of the molecule is O=CN1CCN(C(=O)N/C=C/c2cccc(Cl)c2)CC1. The number of rotatable bonds is 3. The van der Waals surface area contributed by atoms with Crippen LogP contribution in [0.4, 0.5) is 4.79 Å². The molecular formula is C14H16ClN3O2. The van der Waals surface area contributed by atoms with E-state index in [-0.39, 0.29) is 6.03 Å². The smallest absolute Gasteiger partial charge is 0.321 e. The predicted molar refractivity (Wildman–Crippen MR) is 78.2 cm³/mol. The van der Waals surface area contributed by atoms with Gasteiger partial charge in [0.2, 0.25) is 6.41 Å². The van der Waals surface area contributed by atoms with E-state index in [0.717, 1.165) is 12.0 Å². The number of urea groups is 1. The number of halogens is 1. The molecule has 0 saturated carbocycles. The van der Waals surface area contributed by atoms with Crippen LogP contribution in [0.1, 0.15) is 5.56 Å². The van der Waals surface area contributed by atoms with Gasteiger partial charge in [0.15, 0.2) is 0 Å². The van der Waals surface area contributed by atoms with Crippen molar-refractivity contribution in [3.63, 3.8) is 0 Å². The maximum absolute atomic E-state index is 11.9. The van der Waals surface area contributed by atoms with Gasteiger partial charge in [-0.2, -0.15) is 0 Å². The summed E-state index contributed by atoms with van der Waals surface area (Å²) in [7, 11) is 0. The first-order chi connectivity index (χ1) is 9.69. The summed E-state index contributed by atoms with van der Waals surface area (Å²) in [6, 6.07) is 7.20. The standard InChI is InChI=1S/C14H16ClN3O2/c15-13-3-1-2-12(10-13)4-5-16-14(20)18-8-6-17(11-19)7-9-18/h1-5,10-11H,6-9H2,(H,16,20)/b5-4+. The average molecular weight is 294 g/mol. The van der Waals surface area contributed by atoms with E-state index in [2.05, 4.69) is 5.32 Å². The lowest BCUT2D eigenvalue weighted by atomic mass is 10.2. The highest BCUT2D eigenvalue weighted by atomic mass is 35.5. The Bertz CT molecular complexity index is 511. The fourth-order valence-corrected chi connectivity index (χ4v) is 2.14. The lowest BCUT2D eigenvalue weighted by Crippen LogP contribution is -2.50. The average Bonchev–Trinajstić information content (AvgIpc) is 2.47. The molecule has 0 radical (unpaired) electrons. The Morgan fingerprint density at radius 3 is 2.65 bits per heavy atom. The first kappa shape index (κ1) is 14.4. The molecule has 0 aromatic heterocycles. The van der Waals surface area contributed by atoms with Crippen molar-refractivity contribution in [1.82, 2.24) is 15.1 Å². The van der Waals surface area contributed by atoms with Crippen molar-refractivity contribution >= 4 is 30.1 Å². The van der Waals surface area contributed by atoms with Gasteiger partial charge in [-0.1, -0.05) is 23.7 Å². The highest BCUT2D eigenvalue weighted by molar-refractivity contribution is 6.30. The van der Waals surface area contributed by atoms with Crippen molar-refractivity contribution in [2.75, 3.05) is 26.2 Å². The van der Waals surface area contributed by atoms with E-state index in [1.807, 2.05) is 18.2 Å². The van der Waals surface area contributed by atoms with Crippen molar-refractivity contribution in [1.29, 1.82) is 0 Å². The molecule has 106 valence electrons. The topological polar surface area (TPSA) is 52.7 Å². The Balaban J connectivity index is 1.82. The van der Waals surface area contributed by atoms with Crippen LogP contribution in [0.5, 0.6) is 0 Å². The normalized spacial score (nSPS) is 15.4. The van der Waals surface area contributed by atoms with E-state index in [1.165, 1.54) is 0 Å². The molecule has 20 heavy (non-hydrogen) atoms. The monoisotopic (exact) mass is 293 g/mol. The molecule has 0 aliphatic carbocycles. The van der Waals surface area contributed by atoms with Gasteiger partial charge in [-0.05, 0) is 23.8 Å². The first-order valence-electron chi connectivity index (χ1n) is 6.36. The van der Waals surface area contributed by atoms with Crippen LogP contribution in [-0.4, -0.2) is 48.4 Å². The molecule has 0 unspecified atom stereocenters. The lowest BCUT2D eigenvalue weighted by molar-refractivity contribution is -0.119. The number of nitrogens with one attached hydrogen (secondary N) is 1. The van der Waals surface area contributed by atoms with Crippen molar-refractivity contribution in [2.45, 2.75) is 0 Å². The minimum Gasteiger partial charge on any atom is -0.342 e. The van der Waals surface area contributed by atoms with Gasteiger partial charge in [-0.3, -0.25) is 4.79 Å². The second kappa shape index (κ2) is 6.96. The van der Waals surface area contributed by atoms with Gasteiger partial charge in [0.1, 0.15) is 0 Å². The molecule has 1 aromatic rings. The van der Waals surface area contributed by atoms with Gasteiger partial charge in [0.05, 0.1) is 0 Å². The molecule has 3 amide bonds. The van der Waals surface area contributed by atoms with E-state index < -0.39 is 0 Å². The molecule has 0 atom stereocenters. The van der Waals surface area contributed by atoms with Crippen LogP contribution in [0.15, 0.2) is 30.5 Å². The van der Waals surface area contributed by atoms with Crippen molar-refractivity contribution in [2.24, 2.45) is 0 Å². The van der Waals surface area contributed by atoms with Gasteiger partial charge in [0, 0.05) is 37.4 Å². The van der Waals surface area contributed by atoms with Gasteiger partial charge < -0.3 is 15.1 Å². The molecule has 6 heteroatoms. The van der Waals surface area contributed by atoms with Crippen LogP contribution < -0.4 is 5.32 Å². The molecule has 1 saturated heterocycles. The van der Waals surface area contributed by atoms with E-state index in [1.54, 1.807) is 28.1 Å². The number of benzene rings is 1. The van der Waals surface area contributed by atoms with Gasteiger partial charge in [0.25, 0.3) is 0 Å². The third-order valence-electron chi connectivity index (χ3n) is 3.08. The first-order valence-corrected chi connectivity index (χ1v) is 6.74. The Hall–Kier alpha value is -2.01. The second-order valence-corrected chi connectivity index (χ2v) is 4.90. The van der Waals surface area contributed by atoms with Gasteiger partial charge in [-0.25, -0.2) is 4.79 Å². The Kier molecular flexibility index (Phi) is 5.01. The lowest BCUT2D eigenvalue weighted by Gasteiger charge is -2.32. The van der Waals surface area contributed by atoms with Crippen molar-refractivity contribution in [3.8, 4) is 0 Å². The van der Waals surface area contributed by atoms with E-state index in [0.29, 0.717) is 31.2 Å². The van der Waals surface area contributed by atoms with Crippen molar-refractivity contribution < 1.29 is 9.59 Å². The quantitative estimate of drug-likeness (QED) is 0.864. The maximum atomic E-state index is 11.9. The summed E-state index contributed by atoms with van der Waals surface area (Å²) in [6.45, 7) is 2.26. The second-order valence-electron chi connectivity index (χ2n) is 4.47. The third-order valence-corrected chi connectivity index (χ3v) is 3.32. The summed E-state index contributed by atoms with van der Waals surface area (Å²) in [6.07, 6.45) is 4.19. The number of amides is 3. The number of carbonyl (C=O) groups is 2. The van der Waals surface area contributed by atoms with Crippen LogP contribution in [-0.2, 0) is 4.79 Å². The highest BCUT2D eigenvalue weighted by Gasteiger charge is 2.18. The number of hydrogen-bond donors (Lipinski definition) is 1. The molecule has 0 bridgehead atoms. The van der Waals surface area contributed by atoms with E-state index >= 15 is 0 Å². The molecule has 0 spiro atoms. The Morgan fingerprint density at radius 2 is 2.00 bits per heavy atom. The molecule has 1 aliphatic heterocycles. The maximum Gasteiger partial charge on any atom is 0.321 e. The number of hydrogen-bond acceptors (Lipinski definition) is 2. The minimum absolute atomic E-state index is 0.158. The third kappa shape index (κ3) is 3.99. The fourth-order valence-electron chi connectivity index (χ4n) is 1.94. The molecule has 1 N–H and O–H groups in total. The van der Waals surface area contributed by atoms with Crippen LogP contribution in [0.25, 0.3) is 6.08 Å². The summed E-state index contributed by atoms with van der Waals surface area (Å²) in [5.74, 6) is 0. The molecule has 1 heterocycles. The van der Waals surface area contributed by atoms with E-state index in [9.17, 15) is 9.59 Å². The van der Waals surface area contributed by atoms with Gasteiger partial charge >= 0.3 is 6.03 Å². The Morgan fingerprint density at radius 1 is 1.25 bits per heavy atom. The summed E-state index contributed by atoms with van der Waals surface area (Å²) < 4.78 is 0. The molecule has 1 fully saturated rings. The zero-order chi connectivity index (χ0) is 14.4. The summed E-state index contributed by atoms with van der Waals surface area (Å²) in [5, 5.41) is 3.37. The minimum atomic E-state index is -0.158. The largest absolute Gasteiger partial charge is 0.342 e. The summed E-state index contributed by atoms with van der Waals surface area (Å²) in [4.78, 5) is 25.8. The predicted octanol–water partition coefficient (Wildman–Crippen LogP) is 1.79. The van der Waals surface area contributed by atoms with E-state index in [4.69, 9.17) is 11.6 Å². The fraction of sp³-hybridized carbons (Fsp3) is 0.286. The van der Waals surface area contributed by atoms with Crippen molar-refractivity contribution in [3.05, 3.63) is 41.1 Å². The van der Waals surface area contributed by atoms with Crippen LogP contribution in [0.2, 0.25) is 5.02 Å². The molecule has 2 rings (SSSR count). The van der Waals surface area contributed by atoms with Gasteiger partial charge in [-0.15, -0.1) is 0 Å². The van der Waals surface area contributed by atoms with Crippen LogP contribution in [0.3, 0.4) is 0 Å². The summed E-state index contributed by atoms with van der Waals surface area (Å²) >= 11 is 5.87. The number of carbonyl (C=O) groups excluding carboxylic acids is 2. The zero-order valence-corrected chi connectivity index (χ0v) is 11.7. The summed E-state index contributed by atoms with van der Waals surface area (Å²) in [5.41, 5.74) is 0.920. The molecular weight excluding hydrogens is 278 g/mol. The molecule has 1 aliphatic rings.